The monoisotopic (exact) mass is 347 g/mol. The van der Waals surface area contributed by atoms with E-state index in [1.54, 1.807) is 12.2 Å². The number of aromatic amines is 1. The van der Waals surface area contributed by atoms with Crippen LogP contribution in [0.25, 0.3) is 23.2 Å². The molecule has 3 rings (SSSR count). The first-order valence-corrected chi connectivity index (χ1v) is 8.34. The maximum Gasteiger partial charge on any atom is 0.247 e. The molecular formula is C18H22BN7. The van der Waals surface area contributed by atoms with Crippen LogP contribution in [0, 0.1) is 0 Å². The zero-order valence-corrected chi connectivity index (χ0v) is 15.3. The van der Waals surface area contributed by atoms with Crippen molar-refractivity contribution < 1.29 is 0 Å². The number of nitrogens with two attached hydrogens (primary N) is 1. The number of aromatic nitrogens is 6. The lowest BCUT2D eigenvalue weighted by Gasteiger charge is -2.19. The number of nitrogens with zero attached hydrogens (tertiary/aromatic N) is 5. The third-order valence-corrected chi connectivity index (χ3v) is 4.05. The van der Waals surface area contributed by atoms with Gasteiger partial charge in [0.05, 0.1) is 16.6 Å². The van der Waals surface area contributed by atoms with Gasteiger partial charge in [0.25, 0.3) is 0 Å². The van der Waals surface area contributed by atoms with Crippen LogP contribution in [0.4, 0.5) is 5.82 Å². The predicted octanol–water partition coefficient (Wildman–Crippen LogP) is 1.12. The molecule has 0 aliphatic rings. The van der Waals surface area contributed by atoms with Gasteiger partial charge in [0.1, 0.15) is 12.1 Å². The van der Waals surface area contributed by atoms with Crippen molar-refractivity contribution in [1.29, 1.82) is 0 Å². The van der Waals surface area contributed by atoms with E-state index in [-0.39, 0.29) is 5.54 Å². The van der Waals surface area contributed by atoms with Gasteiger partial charge in [-0.3, -0.25) is 5.10 Å². The molecule has 3 aromatic rings. The fourth-order valence-electron chi connectivity index (χ4n) is 2.84. The third kappa shape index (κ3) is 3.05. The highest BCUT2D eigenvalue weighted by molar-refractivity contribution is 6.69. The molecule has 0 bridgehead atoms. The van der Waals surface area contributed by atoms with Crippen LogP contribution in [0.3, 0.4) is 0 Å². The lowest BCUT2D eigenvalue weighted by molar-refractivity contribution is 0.367. The zero-order valence-electron chi connectivity index (χ0n) is 15.3. The summed E-state index contributed by atoms with van der Waals surface area (Å²) in [6.45, 7) is 13.8. The summed E-state index contributed by atoms with van der Waals surface area (Å²) in [4.78, 5) is 8.54. The quantitative estimate of drug-likeness (QED) is 0.532. The summed E-state index contributed by atoms with van der Waals surface area (Å²) in [7, 11) is 0.498. The fourth-order valence-corrected chi connectivity index (χ4v) is 2.84. The highest BCUT2D eigenvalue weighted by Gasteiger charge is 2.24. The average Bonchev–Trinajstić information content (AvgIpc) is 3.15. The normalized spacial score (nSPS) is 12.0. The first-order chi connectivity index (χ1) is 12.4. The molecule has 0 atom stereocenters. The summed E-state index contributed by atoms with van der Waals surface area (Å²) in [5.74, 6) is 0.420. The Bertz CT molecular complexity index is 1000. The molecule has 3 aromatic heterocycles. The molecule has 3 heterocycles. The smallest absolute Gasteiger partial charge is 0.247 e. The summed E-state index contributed by atoms with van der Waals surface area (Å²) in [5, 5.41) is 13.0. The average molecular weight is 347 g/mol. The van der Waals surface area contributed by atoms with E-state index < -0.39 is 0 Å². The lowest BCUT2D eigenvalue weighted by atomic mass is 9.68. The molecule has 0 aliphatic heterocycles. The number of fused-ring (bicyclic) bond motifs is 1. The van der Waals surface area contributed by atoms with E-state index in [0.29, 0.717) is 13.1 Å². The van der Waals surface area contributed by atoms with Gasteiger partial charge in [0.2, 0.25) is 7.28 Å². The Hall–Kier alpha value is -3.16. The van der Waals surface area contributed by atoms with Crippen molar-refractivity contribution in [2.24, 2.45) is 0 Å². The van der Waals surface area contributed by atoms with Gasteiger partial charge >= 0.3 is 0 Å². The van der Waals surface area contributed by atoms with Crippen LogP contribution in [-0.4, -0.2) is 37.2 Å². The van der Waals surface area contributed by atoms with Crippen LogP contribution in [0.5, 0.6) is 0 Å². The topological polar surface area (TPSA) is 98.3 Å². The van der Waals surface area contributed by atoms with E-state index in [0.717, 1.165) is 33.5 Å². The van der Waals surface area contributed by atoms with Crippen molar-refractivity contribution in [3.8, 4) is 0 Å². The number of H-pyrrole nitrogens is 1. The Morgan fingerprint density at radius 3 is 2.65 bits per heavy atom. The van der Waals surface area contributed by atoms with Crippen LogP contribution in [0.2, 0.25) is 0 Å². The van der Waals surface area contributed by atoms with Crippen molar-refractivity contribution in [3.63, 3.8) is 0 Å². The SMILES string of the molecule is C=C/C=C\c1c(Bc2nn(C(C)(C)C)c3ncnc(N)c23)n[nH]c1C=C. The molecule has 0 spiro atoms. The molecule has 0 saturated heterocycles. The Labute approximate surface area is 153 Å². The second-order valence-corrected chi connectivity index (χ2v) is 6.96. The van der Waals surface area contributed by atoms with Crippen LogP contribution in [0.15, 0.2) is 31.6 Å². The Morgan fingerprint density at radius 2 is 2.00 bits per heavy atom. The summed E-state index contributed by atoms with van der Waals surface area (Å²) < 4.78 is 1.88. The second-order valence-electron chi connectivity index (χ2n) is 6.96. The van der Waals surface area contributed by atoms with E-state index in [1.165, 1.54) is 6.33 Å². The summed E-state index contributed by atoms with van der Waals surface area (Å²) in [6, 6.07) is 0. The van der Waals surface area contributed by atoms with Crippen LogP contribution >= 0.6 is 0 Å². The third-order valence-electron chi connectivity index (χ3n) is 4.05. The largest absolute Gasteiger partial charge is 0.383 e. The molecular weight excluding hydrogens is 325 g/mol. The molecule has 26 heavy (non-hydrogen) atoms. The highest BCUT2D eigenvalue weighted by Crippen LogP contribution is 2.21. The Morgan fingerprint density at radius 1 is 1.23 bits per heavy atom. The van der Waals surface area contributed by atoms with Gasteiger partial charge in [-0.2, -0.15) is 10.2 Å². The number of rotatable bonds is 5. The van der Waals surface area contributed by atoms with Crippen LogP contribution in [0.1, 0.15) is 32.0 Å². The van der Waals surface area contributed by atoms with Crippen LogP contribution in [-0.2, 0) is 5.54 Å². The van der Waals surface area contributed by atoms with Crippen molar-refractivity contribution >= 4 is 47.5 Å². The van der Waals surface area contributed by atoms with Crippen molar-refractivity contribution in [2.45, 2.75) is 26.3 Å². The molecule has 0 aliphatic carbocycles. The molecule has 0 radical (unpaired) electrons. The van der Waals surface area contributed by atoms with Crippen LogP contribution < -0.4 is 16.9 Å². The van der Waals surface area contributed by atoms with Crippen molar-refractivity contribution in [1.82, 2.24) is 29.9 Å². The second kappa shape index (κ2) is 6.63. The Balaban J connectivity index is 2.16. The maximum atomic E-state index is 6.14. The van der Waals surface area contributed by atoms with E-state index in [9.17, 15) is 0 Å². The van der Waals surface area contributed by atoms with Gasteiger partial charge < -0.3 is 5.73 Å². The molecule has 0 unspecified atom stereocenters. The van der Waals surface area contributed by atoms with Gasteiger partial charge in [0, 0.05) is 16.8 Å². The van der Waals surface area contributed by atoms with E-state index >= 15 is 0 Å². The molecule has 3 N–H and O–H groups in total. The van der Waals surface area contributed by atoms with Gasteiger partial charge in [-0.25, -0.2) is 14.6 Å². The first-order valence-electron chi connectivity index (χ1n) is 8.34. The number of hydrogen-bond acceptors (Lipinski definition) is 5. The summed E-state index contributed by atoms with van der Waals surface area (Å²) in [5.41, 5.74) is 10.1. The van der Waals surface area contributed by atoms with E-state index in [4.69, 9.17) is 10.8 Å². The van der Waals surface area contributed by atoms with E-state index in [1.807, 2.05) is 16.8 Å². The molecule has 132 valence electrons. The number of nitrogen functional groups attached to an aromatic ring is 1. The Kier molecular flexibility index (Phi) is 4.50. The molecule has 0 fully saturated rings. The van der Waals surface area contributed by atoms with Crippen molar-refractivity contribution in [2.75, 3.05) is 5.73 Å². The van der Waals surface area contributed by atoms with Gasteiger partial charge in [-0.15, -0.1) is 0 Å². The zero-order chi connectivity index (χ0) is 18.9. The van der Waals surface area contributed by atoms with Gasteiger partial charge in [-0.1, -0.05) is 31.4 Å². The number of allylic oxidation sites excluding steroid dienone is 2. The van der Waals surface area contributed by atoms with Gasteiger partial charge in [0.15, 0.2) is 5.65 Å². The predicted molar refractivity (Wildman–Crippen MR) is 109 cm³/mol. The number of hydrogen-bond donors (Lipinski definition) is 2. The summed E-state index contributed by atoms with van der Waals surface area (Å²) >= 11 is 0. The minimum atomic E-state index is -0.235. The number of nitrogens with one attached hydrogen (secondary N) is 1. The van der Waals surface area contributed by atoms with Gasteiger partial charge in [-0.05, 0) is 26.8 Å². The molecule has 0 aromatic carbocycles. The maximum absolute atomic E-state index is 6.14. The number of anilines is 1. The van der Waals surface area contributed by atoms with E-state index in [2.05, 4.69) is 54.1 Å². The molecule has 7 nitrogen and oxygen atoms in total. The lowest BCUT2D eigenvalue weighted by Crippen LogP contribution is -2.33. The first kappa shape index (κ1) is 17.7. The molecule has 8 heteroatoms. The highest BCUT2D eigenvalue weighted by atomic mass is 15.3. The molecule has 0 amide bonds. The van der Waals surface area contributed by atoms with Crippen molar-refractivity contribution in [3.05, 3.63) is 42.9 Å². The minimum absolute atomic E-state index is 0.235. The summed E-state index contributed by atoms with van der Waals surface area (Å²) in [6.07, 6.45) is 8.74. The standard InChI is InChI=1S/C18H22BN7/c1-6-8-9-11-12(7-2)23-24-14(11)19-15-13-16(20)21-10-22-17(13)26(25-15)18(3,4)5/h6-10,19H,1-2H2,3-5H3,(H,23,24)(H2,20,21,22)/b9-8-. The fraction of sp³-hybridized carbons (Fsp3) is 0.222. The molecule has 0 saturated carbocycles. The minimum Gasteiger partial charge on any atom is -0.383 e.